The fourth-order valence-electron chi connectivity index (χ4n) is 1.43. The Balaban J connectivity index is 2.29. The van der Waals surface area contributed by atoms with Crippen molar-refractivity contribution in [1.29, 1.82) is 0 Å². The van der Waals surface area contributed by atoms with Crippen molar-refractivity contribution in [2.45, 2.75) is 11.6 Å². The van der Waals surface area contributed by atoms with Gasteiger partial charge in [0.2, 0.25) is 5.03 Å². The minimum atomic E-state index is -3.94. The van der Waals surface area contributed by atoms with E-state index in [2.05, 4.69) is 4.98 Å². The van der Waals surface area contributed by atoms with Gasteiger partial charge in [0.15, 0.2) is 5.82 Å². The van der Waals surface area contributed by atoms with Gasteiger partial charge in [-0.05, 0) is 18.2 Å². The van der Waals surface area contributed by atoms with E-state index in [1.807, 2.05) is 0 Å². The van der Waals surface area contributed by atoms with E-state index in [-0.39, 0.29) is 6.54 Å². The fourth-order valence-corrected chi connectivity index (χ4v) is 2.56. The molecule has 2 aromatic heterocycles. The van der Waals surface area contributed by atoms with Crippen molar-refractivity contribution >= 4 is 10.0 Å². The number of sulfonamides is 1. The lowest BCUT2D eigenvalue weighted by molar-refractivity contribution is 0.452. The lowest BCUT2D eigenvalue weighted by atomic mass is 10.3. The second-order valence-corrected chi connectivity index (χ2v) is 5.64. The molecule has 7 heteroatoms. The molecule has 18 heavy (non-hydrogen) atoms. The van der Waals surface area contributed by atoms with Gasteiger partial charge in [-0.15, -0.1) is 0 Å². The van der Waals surface area contributed by atoms with E-state index in [0.717, 1.165) is 10.4 Å². The molecule has 0 amide bonds. The number of nitrogens with zero attached hydrogens (tertiary/aromatic N) is 2. The van der Waals surface area contributed by atoms with Crippen molar-refractivity contribution in [3.8, 4) is 0 Å². The quantitative estimate of drug-likeness (QED) is 0.847. The summed E-state index contributed by atoms with van der Waals surface area (Å²) in [6, 6.07) is 4.04. The lowest BCUT2D eigenvalue weighted by Gasteiger charge is -2.15. The number of hydrogen-bond donors (Lipinski definition) is 0. The van der Waals surface area contributed by atoms with Crippen LogP contribution < -0.4 is 0 Å². The topological polar surface area (TPSA) is 63.4 Å². The van der Waals surface area contributed by atoms with Crippen LogP contribution in [0.2, 0.25) is 0 Å². The second-order valence-electron chi connectivity index (χ2n) is 3.68. The summed E-state index contributed by atoms with van der Waals surface area (Å²) in [6.07, 6.45) is 4.11. The van der Waals surface area contributed by atoms with Crippen molar-refractivity contribution in [3.63, 3.8) is 0 Å². The van der Waals surface area contributed by atoms with Crippen LogP contribution in [0.15, 0.2) is 46.4 Å². The Morgan fingerprint density at radius 2 is 2.22 bits per heavy atom. The Hall–Kier alpha value is -1.73. The summed E-state index contributed by atoms with van der Waals surface area (Å²) >= 11 is 0. The normalized spacial score (nSPS) is 11.9. The average molecular weight is 270 g/mol. The summed E-state index contributed by atoms with van der Waals surface area (Å²) in [5.74, 6) is -0.864. The van der Waals surface area contributed by atoms with Gasteiger partial charge >= 0.3 is 0 Å². The third kappa shape index (κ3) is 2.41. The number of aromatic nitrogens is 1. The molecular formula is C11H11FN2O3S. The van der Waals surface area contributed by atoms with Crippen LogP contribution in [0.4, 0.5) is 4.39 Å². The minimum absolute atomic E-state index is 0.0921. The van der Waals surface area contributed by atoms with Crippen LogP contribution in [0.25, 0.3) is 0 Å². The summed E-state index contributed by atoms with van der Waals surface area (Å²) < 4.78 is 43.4. The highest BCUT2D eigenvalue weighted by atomic mass is 32.2. The van der Waals surface area contributed by atoms with Crippen molar-refractivity contribution < 1.29 is 17.2 Å². The van der Waals surface area contributed by atoms with Crippen molar-refractivity contribution in [2.75, 3.05) is 7.05 Å². The summed E-state index contributed by atoms with van der Waals surface area (Å²) in [4.78, 5) is 3.57. The average Bonchev–Trinajstić information content (AvgIpc) is 2.82. The molecular weight excluding hydrogens is 259 g/mol. The first-order valence-electron chi connectivity index (χ1n) is 5.10. The van der Waals surface area contributed by atoms with E-state index in [9.17, 15) is 12.8 Å². The fraction of sp³-hybridized carbons (Fsp3) is 0.182. The van der Waals surface area contributed by atoms with E-state index in [4.69, 9.17) is 4.42 Å². The Morgan fingerprint density at radius 3 is 2.83 bits per heavy atom. The van der Waals surface area contributed by atoms with E-state index >= 15 is 0 Å². The molecule has 0 aliphatic heterocycles. The molecule has 0 N–H and O–H groups in total. The molecule has 0 saturated carbocycles. The monoisotopic (exact) mass is 270 g/mol. The molecule has 2 rings (SSSR count). The molecule has 0 spiro atoms. The molecule has 2 heterocycles. The maximum absolute atomic E-state index is 13.4. The van der Waals surface area contributed by atoms with Gasteiger partial charge in [-0.1, -0.05) is 0 Å². The molecule has 0 atom stereocenters. The second kappa shape index (κ2) is 4.87. The SMILES string of the molecule is CN(Cc1ccoc1)S(=O)(=O)c1ncccc1F. The predicted octanol–water partition coefficient (Wildman–Crippen LogP) is 1.63. The molecule has 0 unspecified atom stereocenters. The van der Waals surface area contributed by atoms with Crippen LogP contribution in [0.1, 0.15) is 5.56 Å². The maximum atomic E-state index is 13.4. The standard InChI is InChI=1S/C11H11FN2O3S/c1-14(7-9-4-6-17-8-9)18(15,16)11-10(12)3-2-5-13-11/h2-6,8H,7H2,1H3. The molecule has 96 valence electrons. The number of furan rings is 1. The van der Waals surface area contributed by atoms with Crippen LogP contribution in [0, 0.1) is 5.82 Å². The minimum Gasteiger partial charge on any atom is -0.472 e. The Labute approximate surface area is 104 Å². The first-order chi connectivity index (χ1) is 8.51. The van der Waals surface area contributed by atoms with E-state index in [1.54, 1.807) is 6.07 Å². The lowest BCUT2D eigenvalue weighted by Crippen LogP contribution is -2.27. The maximum Gasteiger partial charge on any atom is 0.263 e. The van der Waals surface area contributed by atoms with Crippen LogP contribution in [-0.2, 0) is 16.6 Å². The largest absolute Gasteiger partial charge is 0.472 e. The summed E-state index contributed by atoms with van der Waals surface area (Å²) in [5.41, 5.74) is 0.678. The first-order valence-corrected chi connectivity index (χ1v) is 6.54. The summed E-state index contributed by atoms with van der Waals surface area (Å²) in [6.45, 7) is 0.0921. The van der Waals surface area contributed by atoms with Crippen molar-refractivity contribution in [2.24, 2.45) is 0 Å². The number of pyridine rings is 1. The highest BCUT2D eigenvalue weighted by Crippen LogP contribution is 2.17. The molecule has 0 aliphatic rings. The third-order valence-electron chi connectivity index (χ3n) is 2.36. The Bertz CT molecular complexity index is 625. The van der Waals surface area contributed by atoms with Crippen molar-refractivity contribution in [1.82, 2.24) is 9.29 Å². The molecule has 2 aromatic rings. The van der Waals surface area contributed by atoms with Crippen molar-refractivity contribution in [3.05, 3.63) is 48.3 Å². The summed E-state index contributed by atoms with van der Waals surface area (Å²) in [7, 11) is -2.58. The molecule has 0 aliphatic carbocycles. The first kappa shape index (κ1) is 12.7. The van der Waals surface area contributed by atoms with Crippen LogP contribution in [-0.4, -0.2) is 24.8 Å². The van der Waals surface area contributed by atoms with Gasteiger partial charge in [0.1, 0.15) is 0 Å². The summed E-state index contributed by atoms with van der Waals surface area (Å²) in [5, 5.41) is -0.573. The van der Waals surface area contributed by atoms with Crippen LogP contribution in [0.5, 0.6) is 0 Å². The number of rotatable bonds is 4. The molecule has 0 aromatic carbocycles. The Kier molecular flexibility index (Phi) is 3.44. The van der Waals surface area contributed by atoms with Gasteiger partial charge in [-0.2, -0.15) is 4.31 Å². The highest BCUT2D eigenvalue weighted by molar-refractivity contribution is 7.89. The zero-order valence-electron chi connectivity index (χ0n) is 9.58. The van der Waals surface area contributed by atoms with Gasteiger partial charge in [-0.25, -0.2) is 17.8 Å². The van der Waals surface area contributed by atoms with Crippen LogP contribution in [0.3, 0.4) is 0 Å². The third-order valence-corrected chi connectivity index (χ3v) is 4.10. The van der Waals surface area contributed by atoms with E-state index in [0.29, 0.717) is 5.56 Å². The van der Waals surface area contributed by atoms with Gasteiger partial charge in [-0.3, -0.25) is 0 Å². The number of hydrogen-bond acceptors (Lipinski definition) is 4. The van der Waals surface area contributed by atoms with E-state index in [1.165, 1.54) is 31.8 Å². The number of halogens is 1. The van der Waals surface area contributed by atoms with E-state index < -0.39 is 20.9 Å². The zero-order valence-corrected chi connectivity index (χ0v) is 10.4. The van der Waals surface area contributed by atoms with Gasteiger partial charge < -0.3 is 4.42 Å². The zero-order chi connectivity index (χ0) is 13.2. The Morgan fingerprint density at radius 1 is 1.44 bits per heavy atom. The highest BCUT2D eigenvalue weighted by Gasteiger charge is 2.25. The molecule has 5 nitrogen and oxygen atoms in total. The smallest absolute Gasteiger partial charge is 0.263 e. The molecule has 0 bridgehead atoms. The molecule has 0 saturated heterocycles. The van der Waals surface area contributed by atoms with Gasteiger partial charge in [0.25, 0.3) is 10.0 Å². The molecule has 0 fully saturated rings. The van der Waals surface area contributed by atoms with Gasteiger partial charge in [0, 0.05) is 25.4 Å². The molecule has 0 radical (unpaired) electrons. The predicted molar refractivity (Wildman–Crippen MR) is 61.6 cm³/mol. The van der Waals surface area contributed by atoms with Crippen LogP contribution >= 0.6 is 0 Å². The van der Waals surface area contributed by atoms with Gasteiger partial charge in [0.05, 0.1) is 12.5 Å².